The van der Waals surface area contributed by atoms with Crippen molar-refractivity contribution in [2.24, 2.45) is 0 Å². The number of rotatable bonds is 6. The van der Waals surface area contributed by atoms with E-state index < -0.39 is 0 Å². The highest BCUT2D eigenvalue weighted by Crippen LogP contribution is 2.48. The number of fused-ring (bicyclic) bond motifs is 7. The second-order valence-corrected chi connectivity index (χ2v) is 14.8. The third-order valence-electron chi connectivity index (χ3n) is 10.4. The fourth-order valence-corrected chi connectivity index (χ4v) is 9.04. The summed E-state index contributed by atoms with van der Waals surface area (Å²) in [6.45, 7) is 0. The number of aromatic nitrogens is 2. The molecule has 0 unspecified atom stereocenters. The molecule has 0 atom stereocenters. The molecule has 0 radical (unpaired) electrons. The Morgan fingerprint density at radius 3 is 1.91 bits per heavy atom. The maximum atomic E-state index is 6.92. The maximum Gasteiger partial charge on any atom is 0.160 e. The number of benzene rings is 8. The van der Waals surface area contributed by atoms with Crippen LogP contribution in [-0.4, -0.2) is 9.97 Å². The van der Waals surface area contributed by atoms with Crippen molar-refractivity contribution in [3.63, 3.8) is 0 Å². The van der Waals surface area contributed by atoms with E-state index in [0.29, 0.717) is 5.82 Å². The summed E-state index contributed by atoms with van der Waals surface area (Å²) in [5, 5.41) is 6.90. The van der Waals surface area contributed by atoms with Gasteiger partial charge in [0.15, 0.2) is 5.82 Å². The van der Waals surface area contributed by atoms with E-state index >= 15 is 0 Å². The van der Waals surface area contributed by atoms with E-state index in [1.54, 1.807) is 0 Å². The van der Waals surface area contributed by atoms with Gasteiger partial charge in [-0.3, -0.25) is 0 Å². The Hall–Kier alpha value is -7.08. The van der Waals surface area contributed by atoms with E-state index in [0.717, 1.165) is 72.5 Å². The van der Waals surface area contributed by atoms with Gasteiger partial charge in [0.1, 0.15) is 11.2 Å². The first kappa shape index (κ1) is 31.4. The maximum absolute atomic E-state index is 6.92. The molecule has 0 aliphatic heterocycles. The molecule has 0 N–H and O–H groups in total. The van der Waals surface area contributed by atoms with Crippen LogP contribution in [-0.2, 0) is 0 Å². The van der Waals surface area contributed by atoms with Crippen LogP contribution in [0.25, 0.3) is 86.8 Å². The molecule has 55 heavy (non-hydrogen) atoms. The van der Waals surface area contributed by atoms with Gasteiger partial charge in [-0.1, -0.05) is 133 Å². The highest BCUT2D eigenvalue weighted by Gasteiger charge is 2.23. The highest BCUT2D eigenvalue weighted by molar-refractivity contribution is 7.26. The van der Waals surface area contributed by atoms with Gasteiger partial charge < -0.3 is 9.32 Å². The fourth-order valence-electron chi connectivity index (χ4n) is 7.84. The van der Waals surface area contributed by atoms with Crippen molar-refractivity contribution in [1.29, 1.82) is 0 Å². The van der Waals surface area contributed by atoms with E-state index in [2.05, 4.69) is 157 Å². The molecular formula is C50H31N3OS. The largest absolute Gasteiger partial charge is 0.455 e. The Morgan fingerprint density at radius 1 is 0.455 bits per heavy atom. The zero-order valence-corrected chi connectivity index (χ0v) is 30.4. The zero-order valence-electron chi connectivity index (χ0n) is 29.6. The Kier molecular flexibility index (Phi) is 7.32. The third-order valence-corrected chi connectivity index (χ3v) is 11.6. The van der Waals surface area contributed by atoms with Crippen LogP contribution in [0.4, 0.5) is 17.1 Å². The van der Waals surface area contributed by atoms with Crippen LogP contribution in [0.3, 0.4) is 0 Å². The molecule has 4 nitrogen and oxygen atoms in total. The minimum Gasteiger partial charge on any atom is -0.455 e. The quantitative estimate of drug-likeness (QED) is 0.171. The van der Waals surface area contributed by atoms with Crippen molar-refractivity contribution in [2.45, 2.75) is 0 Å². The van der Waals surface area contributed by atoms with Crippen LogP contribution >= 0.6 is 11.3 Å². The van der Waals surface area contributed by atoms with E-state index in [4.69, 9.17) is 14.4 Å². The number of hydrogen-bond donors (Lipinski definition) is 0. The number of para-hydroxylation sites is 1. The van der Waals surface area contributed by atoms with Crippen LogP contribution < -0.4 is 4.90 Å². The van der Waals surface area contributed by atoms with Crippen LogP contribution in [0.15, 0.2) is 192 Å². The number of hydrogen-bond acceptors (Lipinski definition) is 5. The molecule has 8 aromatic carbocycles. The summed E-state index contributed by atoms with van der Waals surface area (Å²) in [4.78, 5) is 12.8. The molecule has 0 bridgehead atoms. The van der Waals surface area contributed by atoms with Crippen molar-refractivity contribution < 1.29 is 4.42 Å². The Labute approximate surface area is 321 Å². The molecule has 0 spiro atoms. The molecule has 258 valence electrons. The molecular weight excluding hydrogens is 691 g/mol. The van der Waals surface area contributed by atoms with Crippen LogP contribution in [0, 0.1) is 0 Å². The number of furan rings is 1. The van der Waals surface area contributed by atoms with E-state index in [1.165, 1.54) is 25.6 Å². The van der Waals surface area contributed by atoms with Gasteiger partial charge in [0, 0.05) is 54.3 Å². The molecule has 0 aliphatic carbocycles. The Balaban J connectivity index is 1.24. The second kappa shape index (κ2) is 12.8. The second-order valence-electron chi connectivity index (χ2n) is 13.8. The van der Waals surface area contributed by atoms with Gasteiger partial charge in [-0.2, -0.15) is 0 Å². The minimum atomic E-state index is 0.660. The van der Waals surface area contributed by atoms with Gasteiger partial charge >= 0.3 is 0 Å². The standard InChI is InChI=1S/C50H31N3OS/c1-4-15-32(16-5-1)43-31-44(52-50(51-43)33-17-6-2-7-18-33)42-30-37(29-41-40-27-34-19-10-11-20-35(34)28-46(40)54-48(41)42)53(36-21-8-3-9-22-36)45-25-14-24-39-38-23-12-13-26-47(38)55-49(39)45/h1-31H. The topological polar surface area (TPSA) is 42.2 Å². The Morgan fingerprint density at radius 2 is 1.11 bits per heavy atom. The van der Waals surface area contributed by atoms with Crippen molar-refractivity contribution in [2.75, 3.05) is 4.90 Å². The first-order valence-electron chi connectivity index (χ1n) is 18.4. The monoisotopic (exact) mass is 721 g/mol. The summed E-state index contributed by atoms with van der Waals surface area (Å²) in [5.41, 5.74) is 9.32. The summed E-state index contributed by atoms with van der Waals surface area (Å²) < 4.78 is 9.42. The minimum absolute atomic E-state index is 0.660. The van der Waals surface area contributed by atoms with Crippen molar-refractivity contribution >= 4 is 81.3 Å². The lowest BCUT2D eigenvalue weighted by Gasteiger charge is -2.26. The van der Waals surface area contributed by atoms with E-state index in [9.17, 15) is 0 Å². The van der Waals surface area contributed by atoms with Gasteiger partial charge in [-0.25, -0.2) is 9.97 Å². The zero-order chi connectivity index (χ0) is 36.3. The van der Waals surface area contributed by atoms with Crippen LogP contribution in [0.5, 0.6) is 0 Å². The molecule has 3 heterocycles. The lowest BCUT2D eigenvalue weighted by atomic mass is 10.0. The molecule has 0 aliphatic rings. The molecule has 0 amide bonds. The molecule has 5 heteroatoms. The van der Waals surface area contributed by atoms with E-state index in [-0.39, 0.29) is 0 Å². The highest BCUT2D eigenvalue weighted by atomic mass is 32.1. The Bertz CT molecular complexity index is 3150. The summed E-state index contributed by atoms with van der Waals surface area (Å²) >= 11 is 1.83. The lowest BCUT2D eigenvalue weighted by molar-refractivity contribution is 0.670. The number of anilines is 3. The van der Waals surface area contributed by atoms with Crippen molar-refractivity contribution in [3.8, 4) is 33.9 Å². The van der Waals surface area contributed by atoms with Crippen molar-refractivity contribution in [1.82, 2.24) is 9.97 Å². The predicted molar refractivity (Wildman–Crippen MR) is 231 cm³/mol. The number of nitrogens with zero attached hydrogens (tertiary/aromatic N) is 3. The fraction of sp³-hybridized carbons (Fsp3) is 0. The third kappa shape index (κ3) is 5.36. The normalized spacial score (nSPS) is 11.6. The van der Waals surface area contributed by atoms with Gasteiger partial charge in [0.2, 0.25) is 0 Å². The first-order valence-corrected chi connectivity index (χ1v) is 19.2. The summed E-state index contributed by atoms with van der Waals surface area (Å²) in [6, 6.07) is 66.0. The average molecular weight is 722 g/mol. The first-order chi connectivity index (χ1) is 27.2. The van der Waals surface area contributed by atoms with Crippen LogP contribution in [0.1, 0.15) is 0 Å². The van der Waals surface area contributed by atoms with E-state index in [1.807, 2.05) is 47.7 Å². The van der Waals surface area contributed by atoms with Gasteiger partial charge in [0.05, 0.1) is 21.8 Å². The molecule has 0 saturated carbocycles. The summed E-state index contributed by atoms with van der Waals surface area (Å²) in [7, 11) is 0. The van der Waals surface area contributed by atoms with Gasteiger partial charge in [0.25, 0.3) is 0 Å². The summed E-state index contributed by atoms with van der Waals surface area (Å²) in [5.74, 6) is 0.660. The predicted octanol–water partition coefficient (Wildman–Crippen LogP) is 14.4. The molecule has 11 rings (SSSR count). The number of thiophene rings is 1. The van der Waals surface area contributed by atoms with Crippen LogP contribution in [0.2, 0.25) is 0 Å². The molecule has 3 aromatic heterocycles. The van der Waals surface area contributed by atoms with Crippen molar-refractivity contribution in [3.05, 3.63) is 188 Å². The summed E-state index contributed by atoms with van der Waals surface area (Å²) in [6.07, 6.45) is 0. The SMILES string of the molecule is c1ccc(-c2cc(-c3cc(N(c4ccccc4)c4cccc5c4sc4ccccc45)cc4c3oc3cc5ccccc5cc34)nc(-c3ccccc3)n2)cc1. The average Bonchev–Trinajstić information content (AvgIpc) is 3.82. The lowest BCUT2D eigenvalue weighted by Crippen LogP contribution is -2.10. The molecule has 0 saturated heterocycles. The van der Waals surface area contributed by atoms with Gasteiger partial charge in [-0.05, 0) is 65.4 Å². The molecule has 11 aromatic rings. The smallest absolute Gasteiger partial charge is 0.160 e. The van der Waals surface area contributed by atoms with Gasteiger partial charge in [-0.15, -0.1) is 11.3 Å². The molecule has 0 fully saturated rings.